The van der Waals surface area contributed by atoms with E-state index < -0.39 is 0 Å². The quantitative estimate of drug-likeness (QED) is 0.844. The van der Waals surface area contributed by atoms with Gasteiger partial charge in [0.25, 0.3) is 0 Å². The standard InChI is InChI=1S/C18H23N7OS/c1-12-6-9-25(17(26)4-7-19)11-14(12)24(3)15-5-8-20-18(21-15)22-16-10-13(2)23-27-16/h5,8,10,12,14H,4,6,9,11H2,1-3H3,(H,20,21,22)/t12-,14+/m1/s1. The summed E-state index contributed by atoms with van der Waals surface area (Å²) in [5.74, 6) is 1.62. The van der Waals surface area contributed by atoms with E-state index in [1.165, 1.54) is 11.5 Å². The van der Waals surface area contributed by atoms with Crippen molar-refractivity contribution in [1.82, 2.24) is 19.2 Å². The van der Waals surface area contributed by atoms with Crippen molar-refractivity contribution in [2.75, 3.05) is 30.4 Å². The predicted molar refractivity (Wildman–Crippen MR) is 105 cm³/mol. The lowest BCUT2D eigenvalue weighted by Crippen LogP contribution is -2.52. The first-order valence-corrected chi connectivity index (χ1v) is 9.66. The van der Waals surface area contributed by atoms with Gasteiger partial charge in [-0.05, 0) is 42.9 Å². The molecule has 0 unspecified atom stereocenters. The number of nitrogens with one attached hydrogen (secondary N) is 1. The van der Waals surface area contributed by atoms with Crippen molar-refractivity contribution >= 4 is 34.2 Å². The van der Waals surface area contributed by atoms with E-state index in [-0.39, 0.29) is 18.4 Å². The molecule has 1 fully saturated rings. The molecule has 1 amide bonds. The van der Waals surface area contributed by atoms with E-state index in [0.29, 0.717) is 25.0 Å². The van der Waals surface area contributed by atoms with Gasteiger partial charge >= 0.3 is 0 Å². The number of carbonyl (C=O) groups is 1. The summed E-state index contributed by atoms with van der Waals surface area (Å²) in [6.07, 6.45) is 2.56. The maximum atomic E-state index is 12.1. The fourth-order valence-corrected chi connectivity index (χ4v) is 3.92. The second kappa shape index (κ2) is 8.31. The van der Waals surface area contributed by atoms with Crippen molar-refractivity contribution in [3.63, 3.8) is 0 Å². The smallest absolute Gasteiger partial charge is 0.236 e. The van der Waals surface area contributed by atoms with Crippen molar-refractivity contribution in [2.24, 2.45) is 5.92 Å². The number of piperidine rings is 1. The lowest BCUT2D eigenvalue weighted by Gasteiger charge is -2.42. The molecule has 142 valence electrons. The molecule has 2 atom stereocenters. The average molecular weight is 385 g/mol. The second-order valence-electron chi connectivity index (χ2n) is 6.81. The number of anilines is 3. The Bertz CT molecular complexity index is 846. The summed E-state index contributed by atoms with van der Waals surface area (Å²) in [5, 5.41) is 12.9. The fraction of sp³-hybridized carbons (Fsp3) is 0.500. The SMILES string of the molecule is Cc1cc(Nc2nccc(N(C)[C@H]3CN(C(=O)CC#N)CC[C@H]3C)n2)sn1. The highest BCUT2D eigenvalue weighted by molar-refractivity contribution is 7.10. The Kier molecular flexibility index (Phi) is 5.86. The molecule has 1 aliphatic heterocycles. The van der Waals surface area contributed by atoms with Crippen LogP contribution in [0.15, 0.2) is 18.3 Å². The van der Waals surface area contributed by atoms with Gasteiger partial charge in [-0.2, -0.15) is 14.6 Å². The van der Waals surface area contributed by atoms with Crippen LogP contribution < -0.4 is 10.2 Å². The number of rotatable bonds is 5. The van der Waals surface area contributed by atoms with Gasteiger partial charge in [-0.15, -0.1) is 0 Å². The molecule has 2 aromatic heterocycles. The van der Waals surface area contributed by atoms with E-state index in [2.05, 4.69) is 31.5 Å². The molecule has 1 aliphatic rings. The summed E-state index contributed by atoms with van der Waals surface area (Å²) in [7, 11) is 1.99. The molecule has 0 radical (unpaired) electrons. The van der Waals surface area contributed by atoms with Gasteiger partial charge < -0.3 is 15.1 Å². The number of nitrogens with zero attached hydrogens (tertiary/aromatic N) is 6. The van der Waals surface area contributed by atoms with Crippen LogP contribution in [0, 0.1) is 24.2 Å². The third kappa shape index (κ3) is 4.52. The van der Waals surface area contributed by atoms with E-state index >= 15 is 0 Å². The summed E-state index contributed by atoms with van der Waals surface area (Å²) >= 11 is 1.37. The third-order valence-corrected chi connectivity index (χ3v) is 5.66. The number of aryl methyl sites for hydroxylation is 1. The van der Waals surface area contributed by atoms with E-state index in [1.54, 1.807) is 11.1 Å². The van der Waals surface area contributed by atoms with E-state index in [1.807, 2.05) is 32.2 Å². The monoisotopic (exact) mass is 385 g/mol. The summed E-state index contributed by atoms with van der Waals surface area (Å²) in [5.41, 5.74) is 0.953. The number of hydrogen-bond acceptors (Lipinski definition) is 8. The third-order valence-electron chi connectivity index (χ3n) is 4.86. The highest BCUT2D eigenvalue weighted by Crippen LogP contribution is 2.26. The van der Waals surface area contributed by atoms with Crippen molar-refractivity contribution in [1.29, 1.82) is 5.26 Å². The summed E-state index contributed by atoms with van der Waals surface area (Å²) in [6, 6.07) is 5.90. The predicted octanol–water partition coefficient (Wildman–Crippen LogP) is 2.57. The molecule has 0 spiro atoms. The minimum Gasteiger partial charge on any atom is -0.354 e. The lowest BCUT2D eigenvalue weighted by atomic mass is 9.92. The number of nitriles is 1. The first kappa shape index (κ1) is 19.0. The van der Waals surface area contributed by atoms with Gasteiger partial charge in [0.1, 0.15) is 17.2 Å². The van der Waals surface area contributed by atoms with E-state index in [9.17, 15) is 4.79 Å². The van der Waals surface area contributed by atoms with Gasteiger partial charge in [-0.25, -0.2) is 4.98 Å². The van der Waals surface area contributed by atoms with Crippen molar-refractivity contribution in [3.05, 3.63) is 24.0 Å². The molecule has 1 N–H and O–H groups in total. The Hall–Kier alpha value is -2.73. The molecule has 3 rings (SSSR count). The molecule has 27 heavy (non-hydrogen) atoms. The van der Waals surface area contributed by atoms with Gasteiger partial charge in [0.2, 0.25) is 11.9 Å². The Labute approximate surface area is 163 Å². The van der Waals surface area contributed by atoms with Gasteiger partial charge in [-0.3, -0.25) is 4.79 Å². The maximum absolute atomic E-state index is 12.1. The van der Waals surface area contributed by atoms with Gasteiger partial charge in [0.15, 0.2) is 0 Å². The normalized spacial score (nSPS) is 19.4. The number of likely N-dealkylation sites (N-methyl/N-ethyl adjacent to an activating group) is 1. The number of amides is 1. The fourth-order valence-electron chi connectivity index (χ4n) is 3.27. The molecule has 3 heterocycles. The van der Waals surface area contributed by atoms with Crippen LogP contribution in [0.2, 0.25) is 0 Å². The summed E-state index contributed by atoms with van der Waals surface area (Å²) in [6.45, 7) is 5.43. The zero-order chi connectivity index (χ0) is 19.4. The van der Waals surface area contributed by atoms with Crippen LogP contribution >= 0.6 is 11.5 Å². The minimum absolute atomic E-state index is 0.0688. The van der Waals surface area contributed by atoms with E-state index in [0.717, 1.165) is 22.9 Å². The minimum atomic E-state index is -0.103. The Morgan fingerprint density at radius 3 is 3.07 bits per heavy atom. The molecule has 2 aromatic rings. The first-order chi connectivity index (χ1) is 13.0. The molecular formula is C18H23N7OS. The lowest BCUT2D eigenvalue weighted by molar-refractivity contribution is -0.131. The highest BCUT2D eigenvalue weighted by Gasteiger charge is 2.32. The van der Waals surface area contributed by atoms with Gasteiger partial charge in [-0.1, -0.05) is 6.92 Å². The van der Waals surface area contributed by atoms with Crippen LogP contribution in [0.1, 0.15) is 25.5 Å². The number of aromatic nitrogens is 3. The van der Waals surface area contributed by atoms with Crippen molar-refractivity contribution in [2.45, 2.75) is 32.7 Å². The zero-order valence-corrected chi connectivity index (χ0v) is 16.5. The van der Waals surface area contributed by atoms with E-state index in [4.69, 9.17) is 5.26 Å². The van der Waals surface area contributed by atoms with Gasteiger partial charge in [0.05, 0.1) is 17.8 Å². The van der Waals surface area contributed by atoms with Crippen LogP contribution in [0.3, 0.4) is 0 Å². The second-order valence-corrected chi connectivity index (χ2v) is 7.62. The molecule has 0 bridgehead atoms. The molecule has 0 aromatic carbocycles. The summed E-state index contributed by atoms with van der Waals surface area (Å²) in [4.78, 5) is 24.9. The molecule has 1 saturated heterocycles. The highest BCUT2D eigenvalue weighted by atomic mass is 32.1. The number of carbonyl (C=O) groups excluding carboxylic acids is 1. The average Bonchev–Trinajstić information content (AvgIpc) is 3.06. The van der Waals surface area contributed by atoms with Crippen LogP contribution in [0.25, 0.3) is 0 Å². The van der Waals surface area contributed by atoms with Crippen LogP contribution in [-0.4, -0.2) is 51.3 Å². The number of likely N-dealkylation sites (tertiary alicyclic amines) is 1. The van der Waals surface area contributed by atoms with Crippen LogP contribution in [0.5, 0.6) is 0 Å². The van der Waals surface area contributed by atoms with Crippen molar-refractivity contribution < 1.29 is 4.79 Å². The largest absolute Gasteiger partial charge is 0.354 e. The molecule has 9 heteroatoms. The van der Waals surface area contributed by atoms with Crippen molar-refractivity contribution in [3.8, 4) is 6.07 Å². The summed E-state index contributed by atoms with van der Waals surface area (Å²) < 4.78 is 4.25. The van der Waals surface area contributed by atoms with Gasteiger partial charge in [0, 0.05) is 26.3 Å². The molecular weight excluding hydrogens is 362 g/mol. The topological polar surface area (TPSA) is 98.0 Å². The van der Waals surface area contributed by atoms with Crippen LogP contribution in [-0.2, 0) is 4.79 Å². The maximum Gasteiger partial charge on any atom is 0.236 e. The Morgan fingerprint density at radius 1 is 1.56 bits per heavy atom. The van der Waals surface area contributed by atoms with Crippen LogP contribution in [0.4, 0.5) is 16.8 Å². The Balaban J connectivity index is 1.73. The number of hydrogen-bond donors (Lipinski definition) is 1. The molecule has 8 nitrogen and oxygen atoms in total. The molecule has 0 aliphatic carbocycles. The molecule has 0 saturated carbocycles. The zero-order valence-electron chi connectivity index (χ0n) is 15.7. The Morgan fingerprint density at radius 2 is 2.37 bits per heavy atom. The first-order valence-electron chi connectivity index (χ1n) is 8.89.